The minimum Gasteiger partial charge on any atom is -0.309 e. The van der Waals surface area contributed by atoms with Crippen molar-refractivity contribution in [3.8, 4) is 28.8 Å². The molecule has 4 heterocycles. The Balaban J connectivity index is 1.19. The van der Waals surface area contributed by atoms with Gasteiger partial charge in [0.1, 0.15) is 6.07 Å². The predicted molar refractivity (Wildman–Crippen MR) is 253 cm³/mol. The largest absolute Gasteiger partial charge is 0.309 e. The van der Waals surface area contributed by atoms with Gasteiger partial charge in [0, 0.05) is 65.8 Å². The van der Waals surface area contributed by atoms with Crippen molar-refractivity contribution in [2.75, 3.05) is 0 Å². The van der Waals surface area contributed by atoms with E-state index in [1.54, 1.807) is 0 Å². The summed E-state index contributed by atoms with van der Waals surface area (Å²) in [6.45, 7) is 2.13. The second kappa shape index (κ2) is 12.6. The maximum Gasteiger partial charge on any atom is 0.102 e. The molecule has 0 bridgehead atoms. The smallest absolute Gasteiger partial charge is 0.102 e. The van der Waals surface area contributed by atoms with Crippen molar-refractivity contribution < 1.29 is 0 Å². The SMILES string of the molecule is Cc1c(C#N)c2c(c3ccccc3n2-c2ccccc2)c2c1c1cc(-n3c4ccccc4c4c3ccc3c5ccccc5n(-c5ccccc5)c34)ccc1n2-c1ccccc1. The van der Waals surface area contributed by atoms with Crippen molar-refractivity contribution in [1.29, 1.82) is 5.26 Å². The van der Waals surface area contributed by atoms with E-state index >= 15 is 0 Å². The van der Waals surface area contributed by atoms with Crippen LogP contribution in [0.4, 0.5) is 0 Å². The number of benzene rings is 9. The lowest BCUT2D eigenvalue weighted by molar-refractivity contribution is 1.16. The van der Waals surface area contributed by atoms with Crippen molar-refractivity contribution in [3.63, 3.8) is 0 Å². The molecule has 13 aromatic rings. The van der Waals surface area contributed by atoms with Crippen LogP contribution in [0.15, 0.2) is 194 Å². The molecule has 4 aromatic heterocycles. The van der Waals surface area contributed by atoms with Gasteiger partial charge in [0.15, 0.2) is 0 Å². The molecule has 0 spiro atoms. The zero-order chi connectivity index (χ0) is 40.3. The Morgan fingerprint density at radius 3 is 1.39 bits per heavy atom. The van der Waals surface area contributed by atoms with E-state index in [1.807, 2.05) is 6.07 Å². The molecule has 5 heteroatoms. The second-order valence-electron chi connectivity index (χ2n) is 16.0. The van der Waals surface area contributed by atoms with Crippen molar-refractivity contribution in [2.24, 2.45) is 0 Å². The van der Waals surface area contributed by atoms with Gasteiger partial charge in [-0.1, -0.05) is 115 Å². The third kappa shape index (κ3) is 4.48. The van der Waals surface area contributed by atoms with Gasteiger partial charge in [0.05, 0.1) is 49.7 Å². The lowest BCUT2D eigenvalue weighted by atomic mass is 9.97. The molecule has 284 valence electrons. The topological polar surface area (TPSA) is 43.5 Å². The fraction of sp³-hybridized carbons (Fsp3) is 0.0179. The average Bonchev–Trinajstić information content (AvgIpc) is 4.05. The molecule has 61 heavy (non-hydrogen) atoms. The molecule has 0 N–H and O–H groups in total. The zero-order valence-electron chi connectivity index (χ0n) is 33.2. The normalized spacial score (nSPS) is 12.0. The second-order valence-corrected chi connectivity index (χ2v) is 16.0. The van der Waals surface area contributed by atoms with Crippen LogP contribution < -0.4 is 0 Å². The first-order valence-corrected chi connectivity index (χ1v) is 20.8. The van der Waals surface area contributed by atoms with E-state index in [0.717, 1.165) is 83.0 Å². The zero-order valence-corrected chi connectivity index (χ0v) is 33.2. The Morgan fingerprint density at radius 1 is 0.328 bits per heavy atom. The highest BCUT2D eigenvalue weighted by atomic mass is 15.0. The van der Waals surface area contributed by atoms with Crippen molar-refractivity contribution in [3.05, 3.63) is 205 Å². The number of hydrogen-bond acceptors (Lipinski definition) is 1. The molecule has 0 saturated heterocycles. The predicted octanol–water partition coefficient (Wildman–Crippen LogP) is 14.3. The summed E-state index contributed by atoms with van der Waals surface area (Å²) in [5, 5.41) is 20.5. The average molecular weight is 778 g/mol. The Labute approximate surface area is 350 Å². The Hall–Kier alpha value is -8.33. The molecule has 0 aliphatic carbocycles. The van der Waals surface area contributed by atoms with E-state index < -0.39 is 0 Å². The minimum absolute atomic E-state index is 0.688. The standard InChI is InChI=1S/C56H35N5/c1-35-45(34-57)55-53(43-25-13-16-28-48(43)60(55)37-19-7-3-8-20-37)56-51(35)44-33-39(29-31-49(44)61(56)38-21-9-4-10-22-38)58-47-27-15-12-24-42(47)52-50(58)32-30-41-40-23-11-14-26-46(40)59(54(41)52)36-17-5-2-6-18-36/h2-33H,1H3. The molecule has 0 amide bonds. The number of rotatable bonds is 4. The summed E-state index contributed by atoms with van der Waals surface area (Å²) < 4.78 is 9.56. The highest BCUT2D eigenvalue weighted by Crippen LogP contribution is 2.47. The number of fused-ring (bicyclic) bond motifs is 14. The van der Waals surface area contributed by atoms with E-state index in [0.29, 0.717) is 5.56 Å². The molecular weight excluding hydrogens is 743 g/mol. The monoisotopic (exact) mass is 777 g/mol. The maximum atomic E-state index is 11.2. The van der Waals surface area contributed by atoms with Crippen LogP contribution in [0.1, 0.15) is 11.1 Å². The van der Waals surface area contributed by atoms with Crippen LogP contribution in [-0.2, 0) is 0 Å². The first-order valence-electron chi connectivity index (χ1n) is 20.8. The minimum atomic E-state index is 0.688. The van der Waals surface area contributed by atoms with Gasteiger partial charge in [-0.2, -0.15) is 5.26 Å². The number of aromatic nitrogens is 4. The number of nitrogens with zero attached hydrogens (tertiary/aromatic N) is 5. The van der Waals surface area contributed by atoms with Gasteiger partial charge >= 0.3 is 0 Å². The summed E-state index contributed by atoms with van der Waals surface area (Å²) in [5.74, 6) is 0. The summed E-state index contributed by atoms with van der Waals surface area (Å²) in [7, 11) is 0. The van der Waals surface area contributed by atoms with Gasteiger partial charge < -0.3 is 18.3 Å². The summed E-state index contributed by atoms with van der Waals surface area (Å²) in [4.78, 5) is 0. The summed E-state index contributed by atoms with van der Waals surface area (Å²) >= 11 is 0. The van der Waals surface area contributed by atoms with Crippen LogP contribution in [0.3, 0.4) is 0 Å². The van der Waals surface area contributed by atoms with Crippen molar-refractivity contribution >= 4 is 87.2 Å². The van der Waals surface area contributed by atoms with E-state index in [9.17, 15) is 5.26 Å². The molecule has 0 aliphatic rings. The van der Waals surface area contributed by atoms with Gasteiger partial charge in [-0.25, -0.2) is 0 Å². The third-order valence-electron chi connectivity index (χ3n) is 12.9. The van der Waals surface area contributed by atoms with Crippen LogP contribution >= 0.6 is 0 Å². The molecule has 9 aromatic carbocycles. The van der Waals surface area contributed by atoms with Crippen LogP contribution in [0.5, 0.6) is 0 Å². The molecular formula is C56H35N5. The number of hydrogen-bond donors (Lipinski definition) is 0. The highest BCUT2D eigenvalue weighted by Gasteiger charge is 2.27. The molecule has 0 unspecified atom stereocenters. The lowest BCUT2D eigenvalue weighted by Crippen LogP contribution is -1.99. The molecule has 0 fully saturated rings. The Morgan fingerprint density at radius 2 is 0.787 bits per heavy atom. The van der Waals surface area contributed by atoms with Gasteiger partial charge in [0.25, 0.3) is 0 Å². The summed E-state index contributed by atoms with van der Waals surface area (Å²) in [5.41, 5.74) is 14.8. The highest BCUT2D eigenvalue weighted by molar-refractivity contribution is 6.29. The van der Waals surface area contributed by atoms with Crippen molar-refractivity contribution in [1.82, 2.24) is 18.3 Å². The fourth-order valence-corrected chi connectivity index (χ4v) is 10.5. The van der Waals surface area contributed by atoms with Crippen LogP contribution in [-0.4, -0.2) is 18.3 Å². The van der Waals surface area contributed by atoms with Gasteiger partial charge in [-0.05, 0) is 91.3 Å². The van der Waals surface area contributed by atoms with E-state index in [-0.39, 0.29) is 0 Å². The van der Waals surface area contributed by atoms with Gasteiger partial charge in [0.2, 0.25) is 0 Å². The fourth-order valence-electron chi connectivity index (χ4n) is 10.5. The summed E-state index contributed by atoms with van der Waals surface area (Å²) in [6.07, 6.45) is 0. The van der Waals surface area contributed by atoms with E-state index in [2.05, 4.69) is 219 Å². The molecule has 13 rings (SSSR count). The number of aryl methyl sites for hydroxylation is 1. The first kappa shape index (κ1) is 33.6. The van der Waals surface area contributed by atoms with Gasteiger partial charge in [-0.3, -0.25) is 0 Å². The number of nitriles is 1. The van der Waals surface area contributed by atoms with Crippen LogP contribution in [0.2, 0.25) is 0 Å². The third-order valence-corrected chi connectivity index (χ3v) is 12.9. The van der Waals surface area contributed by atoms with Crippen LogP contribution in [0.25, 0.3) is 110 Å². The van der Waals surface area contributed by atoms with E-state index in [4.69, 9.17) is 0 Å². The lowest BCUT2D eigenvalue weighted by Gasteiger charge is -2.13. The molecule has 0 saturated carbocycles. The van der Waals surface area contributed by atoms with Crippen LogP contribution in [0, 0.1) is 18.3 Å². The molecule has 5 nitrogen and oxygen atoms in total. The Bertz CT molecular complexity index is 3990. The van der Waals surface area contributed by atoms with E-state index in [1.165, 1.54) is 32.6 Å². The van der Waals surface area contributed by atoms with Gasteiger partial charge in [-0.15, -0.1) is 0 Å². The quantitative estimate of drug-likeness (QED) is 0.175. The first-order chi connectivity index (χ1) is 30.2. The number of para-hydroxylation sites is 6. The molecule has 0 atom stereocenters. The van der Waals surface area contributed by atoms with Crippen molar-refractivity contribution in [2.45, 2.75) is 6.92 Å². The summed E-state index contributed by atoms with van der Waals surface area (Å²) in [6, 6.07) is 72.2. The molecule has 0 aliphatic heterocycles. The maximum absolute atomic E-state index is 11.2. The Kier molecular flexibility index (Phi) is 6.94. The molecule has 0 radical (unpaired) electrons.